The number of ether oxygens (including phenoxy) is 1. The standard InChI is InChI=1S/C16H26N2O2/c1-17-8-6-16(7-9-17)13-18(10-11-20-16)15(19)12-14-4-2-3-5-14/h4H,2-3,5-13H2,1H3. The van der Waals surface area contributed by atoms with E-state index in [0.717, 1.165) is 51.9 Å². The molecule has 0 aromatic carbocycles. The van der Waals surface area contributed by atoms with Gasteiger partial charge in [0.1, 0.15) is 0 Å². The van der Waals surface area contributed by atoms with Crippen molar-refractivity contribution in [3.05, 3.63) is 11.6 Å². The van der Waals surface area contributed by atoms with Crippen molar-refractivity contribution in [1.82, 2.24) is 9.80 Å². The van der Waals surface area contributed by atoms with Crippen LogP contribution in [0.2, 0.25) is 0 Å². The molecule has 112 valence electrons. The molecule has 3 rings (SSSR count). The van der Waals surface area contributed by atoms with Crippen molar-refractivity contribution < 1.29 is 9.53 Å². The van der Waals surface area contributed by atoms with Crippen molar-refractivity contribution in [2.45, 2.75) is 44.1 Å². The molecule has 0 atom stereocenters. The molecule has 4 heteroatoms. The minimum absolute atomic E-state index is 0.0650. The van der Waals surface area contributed by atoms with Crippen LogP contribution in [0.5, 0.6) is 0 Å². The maximum Gasteiger partial charge on any atom is 0.226 e. The van der Waals surface area contributed by atoms with E-state index in [1.807, 2.05) is 4.90 Å². The molecule has 0 aromatic rings. The molecular formula is C16H26N2O2. The fraction of sp³-hybridized carbons (Fsp3) is 0.812. The number of hydrogen-bond donors (Lipinski definition) is 0. The molecule has 20 heavy (non-hydrogen) atoms. The fourth-order valence-electron chi connectivity index (χ4n) is 3.59. The molecule has 0 aromatic heterocycles. The van der Waals surface area contributed by atoms with Crippen LogP contribution in [-0.4, -0.2) is 61.1 Å². The molecule has 2 saturated heterocycles. The molecule has 0 unspecified atom stereocenters. The maximum atomic E-state index is 12.5. The lowest BCUT2D eigenvalue weighted by atomic mass is 9.89. The van der Waals surface area contributed by atoms with E-state index < -0.39 is 0 Å². The van der Waals surface area contributed by atoms with Gasteiger partial charge in [0, 0.05) is 32.6 Å². The number of allylic oxidation sites excluding steroid dienone is 1. The molecule has 2 aliphatic heterocycles. The van der Waals surface area contributed by atoms with E-state index in [-0.39, 0.29) is 5.60 Å². The van der Waals surface area contributed by atoms with Gasteiger partial charge in [0.05, 0.1) is 12.2 Å². The van der Waals surface area contributed by atoms with Crippen LogP contribution in [0.25, 0.3) is 0 Å². The van der Waals surface area contributed by atoms with E-state index in [4.69, 9.17) is 4.74 Å². The van der Waals surface area contributed by atoms with Crippen molar-refractivity contribution in [3.8, 4) is 0 Å². The lowest BCUT2D eigenvalue weighted by molar-refractivity contribution is -0.158. The van der Waals surface area contributed by atoms with E-state index in [2.05, 4.69) is 18.0 Å². The number of carbonyl (C=O) groups is 1. The Morgan fingerprint density at radius 3 is 2.85 bits per heavy atom. The summed E-state index contributed by atoms with van der Waals surface area (Å²) in [4.78, 5) is 16.9. The summed E-state index contributed by atoms with van der Waals surface area (Å²) in [7, 11) is 2.16. The first-order valence-corrected chi connectivity index (χ1v) is 7.95. The summed E-state index contributed by atoms with van der Waals surface area (Å²) in [5.41, 5.74) is 1.28. The van der Waals surface area contributed by atoms with Crippen LogP contribution in [0.15, 0.2) is 11.6 Å². The number of rotatable bonds is 2. The van der Waals surface area contributed by atoms with Crippen molar-refractivity contribution in [1.29, 1.82) is 0 Å². The van der Waals surface area contributed by atoms with Gasteiger partial charge in [-0.3, -0.25) is 4.79 Å². The largest absolute Gasteiger partial charge is 0.371 e. The summed E-state index contributed by atoms with van der Waals surface area (Å²) < 4.78 is 6.07. The van der Waals surface area contributed by atoms with E-state index in [9.17, 15) is 4.79 Å². The minimum Gasteiger partial charge on any atom is -0.371 e. The first-order valence-electron chi connectivity index (χ1n) is 7.95. The number of hydrogen-bond acceptors (Lipinski definition) is 3. The molecule has 4 nitrogen and oxygen atoms in total. The van der Waals surface area contributed by atoms with Gasteiger partial charge in [-0.05, 0) is 39.2 Å². The van der Waals surface area contributed by atoms with E-state index in [0.29, 0.717) is 18.9 Å². The Hall–Kier alpha value is -0.870. The highest BCUT2D eigenvalue weighted by molar-refractivity contribution is 5.79. The maximum absolute atomic E-state index is 12.5. The highest BCUT2D eigenvalue weighted by Gasteiger charge is 2.40. The van der Waals surface area contributed by atoms with Gasteiger partial charge >= 0.3 is 0 Å². The highest BCUT2D eigenvalue weighted by atomic mass is 16.5. The Labute approximate surface area is 121 Å². The third-order valence-corrected chi connectivity index (χ3v) is 5.01. The van der Waals surface area contributed by atoms with Crippen molar-refractivity contribution in [2.24, 2.45) is 0 Å². The average molecular weight is 278 g/mol. The Kier molecular flexibility index (Phi) is 4.13. The van der Waals surface area contributed by atoms with Gasteiger partial charge in [-0.2, -0.15) is 0 Å². The summed E-state index contributed by atoms with van der Waals surface area (Å²) >= 11 is 0. The van der Waals surface area contributed by atoms with Gasteiger partial charge in [0.2, 0.25) is 5.91 Å². The second-order valence-electron chi connectivity index (χ2n) is 6.58. The number of morpholine rings is 1. The SMILES string of the molecule is CN1CCC2(CC1)CN(C(=O)CC1=CCCC1)CCO2. The third kappa shape index (κ3) is 3.07. The van der Waals surface area contributed by atoms with Gasteiger partial charge in [0.25, 0.3) is 0 Å². The smallest absolute Gasteiger partial charge is 0.226 e. The predicted octanol–water partition coefficient (Wildman–Crippen LogP) is 1.81. The lowest BCUT2D eigenvalue weighted by Crippen LogP contribution is -2.57. The number of amides is 1. The Bertz CT molecular complexity index is 397. The minimum atomic E-state index is -0.0650. The summed E-state index contributed by atoms with van der Waals surface area (Å²) in [6.45, 7) is 4.42. The van der Waals surface area contributed by atoms with Crippen molar-refractivity contribution in [3.63, 3.8) is 0 Å². The lowest BCUT2D eigenvalue weighted by Gasteiger charge is -2.46. The summed E-state index contributed by atoms with van der Waals surface area (Å²) in [5, 5.41) is 0. The first kappa shape index (κ1) is 14.1. The second-order valence-corrected chi connectivity index (χ2v) is 6.58. The van der Waals surface area contributed by atoms with Gasteiger partial charge in [-0.25, -0.2) is 0 Å². The van der Waals surface area contributed by atoms with Crippen LogP contribution < -0.4 is 0 Å². The van der Waals surface area contributed by atoms with Crippen LogP contribution in [-0.2, 0) is 9.53 Å². The molecule has 0 radical (unpaired) electrons. The molecule has 1 aliphatic carbocycles. The monoisotopic (exact) mass is 278 g/mol. The topological polar surface area (TPSA) is 32.8 Å². The highest BCUT2D eigenvalue weighted by Crippen LogP contribution is 2.30. The van der Waals surface area contributed by atoms with Gasteiger partial charge < -0.3 is 14.5 Å². The van der Waals surface area contributed by atoms with Gasteiger partial charge in [-0.15, -0.1) is 0 Å². The molecule has 0 bridgehead atoms. The quantitative estimate of drug-likeness (QED) is 0.722. The zero-order valence-corrected chi connectivity index (χ0v) is 12.6. The normalized spacial score (nSPS) is 26.9. The Balaban J connectivity index is 1.58. The number of piperidine rings is 1. The molecule has 0 saturated carbocycles. The van der Waals surface area contributed by atoms with Gasteiger partial charge in [0.15, 0.2) is 0 Å². The van der Waals surface area contributed by atoms with E-state index in [1.54, 1.807) is 0 Å². The molecule has 2 fully saturated rings. The van der Waals surface area contributed by atoms with Crippen LogP contribution in [0.3, 0.4) is 0 Å². The first-order chi connectivity index (χ1) is 9.67. The molecule has 3 aliphatic rings. The number of likely N-dealkylation sites (tertiary alicyclic amines) is 1. The van der Waals surface area contributed by atoms with Crippen LogP contribution in [0, 0.1) is 0 Å². The van der Waals surface area contributed by atoms with Gasteiger partial charge in [-0.1, -0.05) is 11.6 Å². The van der Waals surface area contributed by atoms with Crippen molar-refractivity contribution in [2.75, 3.05) is 39.8 Å². The molecule has 1 spiro atoms. The third-order valence-electron chi connectivity index (χ3n) is 5.01. The number of carbonyl (C=O) groups excluding carboxylic acids is 1. The molecular weight excluding hydrogens is 252 g/mol. The average Bonchev–Trinajstić information content (AvgIpc) is 2.96. The second kappa shape index (κ2) is 5.86. The Morgan fingerprint density at radius 2 is 2.15 bits per heavy atom. The zero-order valence-electron chi connectivity index (χ0n) is 12.6. The molecule has 2 heterocycles. The number of nitrogens with zero attached hydrogens (tertiary/aromatic N) is 2. The van der Waals surface area contributed by atoms with Crippen LogP contribution in [0.4, 0.5) is 0 Å². The predicted molar refractivity (Wildman–Crippen MR) is 78.5 cm³/mol. The molecule has 0 N–H and O–H groups in total. The van der Waals surface area contributed by atoms with Crippen LogP contribution >= 0.6 is 0 Å². The van der Waals surface area contributed by atoms with E-state index >= 15 is 0 Å². The van der Waals surface area contributed by atoms with E-state index in [1.165, 1.54) is 12.0 Å². The van der Waals surface area contributed by atoms with Crippen molar-refractivity contribution >= 4 is 5.91 Å². The summed E-state index contributed by atoms with van der Waals surface area (Å²) in [6, 6.07) is 0. The molecule has 1 amide bonds. The zero-order chi connectivity index (χ0) is 14.0. The van der Waals surface area contributed by atoms with Crippen LogP contribution in [0.1, 0.15) is 38.5 Å². The summed E-state index contributed by atoms with van der Waals surface area (Å²) in [6.07, 6.45) is 8.49. The fourth-order valence-corrected chi connectivity index (χ4v) is 3.59. The Morgan fingerprint density at radius 1 is 1.35 bits per heavy atom. The summed E-state index contributed by atoms with van der Waals surface area (Å²) in [5.74, 6) is 0.305.